The molecule has 0 amide bonds. The second-order valence-electron chi connectivity index (χ2n) is 6.93. The Kier molecular flexibility index (Phi) is 7.89. The van der Waals surface area contributed by atoms with E-state index in [9.17, 15) is 19.3 Å². The van der Waals surface area contributed by atoms with Crippen LogP contribution in [0.25, 0.3) is 0 Å². The van der Waals surface area contributed by atoms with E-state index < -0.39 is 44.3 Å². The summed E-state index contributed by atoms with van der Waals surface area (Å²) in [7, 11) is -1.43. The Morgan fingerprint density at radius 1 is 1.41 bits per heavy atom. The topological polar surface area (TPSA) is 155 Å². The molecule has 1 aliphatic heterocycles. The number of aliphatic hydroxyl groups is 1. The Bertz CT molecular complexity index is 1000. The first-order valence-electron chi connectivity index (χ1n) is 9.68. The molecule has 0 radical (unpaired) electrons. The Morgan fingerprint density at radius 2 is 2.12 bits per heavy atom. The fourth-order valence-corrected chi connectivity index (χ4v) is 3.96. The lowest BCUT2D eigenvalue weighted by molar-refractivity contribution is -0.175. The Morgan fingerprint density at radius 3 is 2.78 bits per heavy atom. The Labute approximate surface area is 184 Å². The van der Waals surface area contributed by atoms with Crippen molar-refractivity contribution in [3.05, 3.63) is 53.1 Å². The van der Waals surface area contributed by atoms with Gasteiger partial charge in [0, 0.05) is 17.2 Å². The van der Waals surface area contributed by atoms with Gasteiger partial charge in [0.25, 0.3) is 0 Å². The summed E-state index contributed by atoms with van der Waals surface area (Å²) in [5.41, 5.74) is 4.82. The van der Waals surface area contributed by atoms with E-state index in [4.69, 9.17) is 24.6 Å². The largest absolute Gasteiger partial charge is 0.693 e. The van der Waals surface area contributed by atoms with Crippen molar-refractivity contribution in [3.8, 4) is 5.75 Å². The number of hydrogen-bond acceptors (Lipinski definition) is 10. The molecule has 12 nitrogen and oxygen atoms in total. The lowest BCUT2D eigenvalue weighted by Gasteiger charge is -2.19. The predicted octanol–water partition coefficient (Wildman–Crippen LogP) is 1.01. The van der Waals surface area contributed by atoms with Gasteiger partial charge in [0.2, 0.25) is 0 Å². The fourth-order valence-electron chi connectivity index (χ4n) is 3.04. The van der Waals surface area contributed by atoms with E-state index >= 15 is 0 Å². The SMILES string of the molecule is COC(=O)[C@H](C)N(OC[C@@H]1CC(O)[C@H](n2ccc(N)nc2=O)O1)[P+](=O)Oc1ccccc1. The lowest BCUT2D eigenvalue weighted by atomic mass is 10.2. The molecule has 0 aliphatic carbocycles. The molecule has 13 heteroatoms. The number of aliphatic hydroxyl groups excluding tert-OH is 1. The smallest absolute Gasteiger partial charge is 0.468 e. The number of aromatic nitrogens is 2. The first-order chi connectivity index (χ1) is 15.3. The maximum atomic E-state index is 12.8. The van der Waals surface area contributed by atoms with E-state index in [-0.39, 0.29) is 18.8 Å². The van der Waals surface area contributed by atoms with E-state index in [1.54, 1.807) is 30.3 Å². The number of nitrogen functional groups attached to an aromatic ring is 1. The van der Waals surface area contributed by atoms with Crippen molar-refractivity contribution in [2.75, 3.05) is 19.5 Å². The van der Waals surface area contributed by atoms with Crippen LogP contribution in [0, 0.1) is 0 Å². The van der Waals surface area contributed by atoms with Crippen LogP contribution in [0.5, 0.6) is 5.75 Å². The van der Waals surface area contributed by atoms with Crippen LogP contribution in [-0.4, -0.2) is 57.4 Å². The molecule has 1 aromatic carbocycles. The van der Waals surface area contributed by atoms with Gasteiger partial charge < -0.3 is 20.3 Å². The third kappa shape index (κ3) is 5.67. The molecule has 2 unspecified atom stereocenters. The highest BCUT2D eigenvalue weighted by molar-refractivity contribution is 7.36. The highest BCUT2D eigenvalue weighted by Gasteiger charge is 2.44. The molecule has 1 aliphatic rings. The number of methoxy groups -OCH3 is 1. The summed E-state index contributed by atoms with van der Waals surface area (Å²) in [6.07, 6.45) is -1.19. The van der Waals surface area contributed by atoms with Gasteiger partial charge in [-0.15, -0.1) is 0 Å². The molecule has 1 fully saturated rings. The van der Waals surface area contributed by atoms with Gasteiger partial charge in [-0.05, 0) is 25.1 Å². The van der Waals surface area contributed by atoms with Gasteiger partial charge in [-0.1, -0.05) is 18.2 Å². The number of carbonyl (C=O) groups excluding carboxylic acids is 1. The molecule has 3 N–H and O–H groups in total. The number of ether oxygens (including phenoxy) is 2. The number of esters is 1. The third-order valence-corrected chi connectivity index (χ3v) is 5.80. The fraction of sp³-hybridized carbons (Fsp3) is 0.421. The van der Waals surface area contributed by atoms with Crippen LogP contribution in [0.3, 0.4) is 0 Å². The number of carbonyl (C=O) groups is 1. The van der Waals surface area contributed by atoms with Gasteiger partial charge >= 0.3 is 19.8 Å². The van der Waals surface area contributed by atoms with E-state index in [1.807, 2.05) is 0 Å². The van der Waals surface area contributed by atoms with Crippen molar-refractivity contribution in [1.29, 1.82) is 0 Å². The Balaban J connectivity index is 1.68. The summed E-state index contributed by atoms with van der Waals surface area (Å²) < 4.78 is 29.7. The molecular formula is C19H24N4O8P+. The number of rotatable bonds is 9. The van der Waals surface area contributed by atoms with Crippen molar-refractivity contribution < 1.29 is 33.3 Å². The molecule has 2 heterocycles. The average Bonchev–Trinajstić information content (AvgIpc) is 3.14. The van der Waals surface area contributed by atoms with Crippen molar-refractivity contribution in [2.45, 2.75) is 37.8 Å². The van der Waals surface area contributed by atoms with E-state index in [0.29, 0.717) is 5.75 Å². The minimum absolute atomic E-state index is 0.0493. The highest BCUT2D eigenvalue weighted by Crippen LogP contribution is 2.35. The summed E-state index contributed by atoms with van der Waals surface area (Å²) in [6.45, 7) is 1.27. The zero-order chi connectivity index (χ0) is 23.3. The molecule has 2 aromatic rings. The zero-order valence-corrected chi connectivity index (χ0v) is 18.3. The quantitative estimate of drug-likeness (QED) is 0.308. The molecular weight excluding hydrogens is 443 g/mol. The minimum atomic E-state index is -2.63. The minimum Gasteiger partial charge on any atom is -0.468 e. The molecule has 172 valence electrons. The van der Waals surface area contributed by atoms with Crippen LogP contribution in [0.1, 0.15) is 19.6 Å². The van der Waals surface area contributed by atoms with Crippen molar-refractivity contribution >= 4 is 20.0 Å². The molecule has 1 saturated heterocycles. The second kappa shape index (κ2) is 10.6. The monoisotopic (exact) mass is 467 g/mol. The zero-order valence-electron chi connectivity index (χ0n) is 17.4. The van der Waals surface area contributed by atoms with Crippen LogP contribution < -0.4 is 15.9 Å². The summed E-state index contributed by atoms with van der Waals surface area (Å²) in [5, 5.41) is 10.3. The van der Waals surface area contributed by atoms with Crippen molar-refractivity contribution in [2.24, 2.45) is 0 Å². The Hall–Kier alpha value is -2.89. The standard InChI is InChI=1S/C19H23N4O8P/c1-12(18(25)28-2)23(32(27)31-13-6-4-3-5-7-13)29-11-14-10-15(24)17(30-14)22-9-8-16(20)21-19(22)26/h3-9,12,14-15,17,24H,10-11H2,1-2H3,(H-,20,21,26)/p+1/t12-,14-,15?,17+/m0/s1. The number of para-hydroxylation sites is 1. The third-order valence-electron chi connectivity index (χ3n) is 4.65. The first-order valence-corrected chi connectivity index (χ1v) is 10.8. The molecule has 32 heavy (non-hydrogen) atoms. The lowest BCUT2D eigenvalue weighted by Crippen LogP contribution is -2.37. The molecule has 5 atom stereocenters. The number of benzene rings is 1. The average molecular weight is 467 g/mol. The van der Waals surface area contributed by atoms with Crippen LogP contribution in [0.4, 0.5) is 5.82 Å². The van der Waals surface area contributed by atoms with Crippen LogP contribution in [0.15, 0.2) is 47.4 Å². The van der Waals surface area contributed by atoms with E-state index in [0.717, 1.165) is 9.40 Å². The van der Waals surface area contributed by atoms with Gasteiger partial charge in [-0.2, -0.15) is 4.98 Å². The maximum absolute atomic E-state index is 12.8. The van der Waals surface area contributed by atoms with Crippen molar-refractivity contribution in [1.82, 2.24) is 14.4 Å². The summed E-state index contributed by atoms with van der Waals surface area (Å²) >= 11 is 0. The molecule has 0 bridgehead atoms. The molecule has 0 saturated carbocycles. The predicted molar refractivity (Wildman–Crippen MR) is 111 cm³/mol. The van der Waals surface area contributed by atoms with Gasteiger partial charge in [0.1, 0.15) is 11.9 Å². The number of nitrogens with zero attached hydrogens (tertiary/aromatic N) is 3. The van der Waals surface area contributed by atoms with E-state index in [2.05, 4.69) is 4.98 Å². The number of hydrogen-bond donors (Lipinski definition) is 2. The second-order valence-corrected chi connectivity index (χ2v) is 7.99. The van der Waals surface area contributed by atoms with Crippen molar-refractivity contribution in [3.63, 3.8) is 0 Å². The molecule has 1 aromatic heterocycles. The summed E-state index contributed by atoms with van der Waals surface area (Å²) in [4.78, 5) is 34.1. The molecule has 0 spiro atoms. The van der Waals surface area contributed by atoms with Crippen LogP contribution in [0.2, 0.25) is 0 Å². The van der Waals surface area contributed by atoms with Crippen LogP contribution >= 0.6 is 8.18 Å². The summed E-state index contributed by atoms with van der Waals surface area (Å²) in [6, 6.07) is 8.74. The van der Waals surface area contributed by atoms with Gasteiger partial charge in [-0.25, -0.2) is 9.32 Å². The number of anilines is 1. The number of nitrogens with two attached hydrogens (primary N) is 1. The first kappa shape index (κ1) is 23.8. The van der Waals surface area contributed by atoms with Gasteiger partial charge in [0.05, 0.1) is 24.7 Å². The summed E-state index contributed by atoms with van der Waals surface area (Å²) in [5.74, 6) is -0.315. The number of hydroxylamine groups is 1. The van der Waals surface area contributed by atoms with Gasteiger partial charge in [0.15, 0.2) is 18.0 Å². The van der Waals surface area contributed by atoms with Crippen LogP contribution in [-0.2, 0) is 23.7 Å². The maximum Gasteiger partial charge on any atom is 0.693 e. The normalized spacial score (nSPS) is 21.9. The van der Waals surface area contributed by atoms with Gasteiger partial charge in [-0.3, -0.25) is 14.2 Å². The highest BCUT2D eigenvalue weighted by atomic mass is 31.1. The van der Waals surface area contributed by atoms with E-state index in [1.165, 1.54) is 26.3 Å². The molecule has 3 rings (SSSR count).